The SMILES string of the molecule is NC1c2ccccc2N=CN1c1cscn1. The second-order valence-electron chi connectivity index (χ2n) is 3.50. The predicted molar refractivity (Wildman–Crippen MR) is 66.1 cm³/mol. The van der Waals surface area contributed by atoms with E-state index in [1.807, 2.05) is 34.5 Å². The number of benzene rings is 1. The number of hydrogen-bond acceptors (Lipinski definition) is 5. The molecule has 16 heavy (non-hydrogen) atoms. The molecule has 1 unspecified atom stereocenters. The Hall–Kier alpha value is -1.72. The summed E-state index contributed by atoms with van der Waals surface area (Å²) in [5.74, 6) is 0.843. The van der Waals surface area contributed by atoms with Gasteiger partial charge in [0.25, 0.3) is 0 Å². The minimum absolute atomic E-state index is 0.212. The molecule has 5 heteroatoms. The third-order valence-electron chi connectivity index (χ3n) is 2.56. The van der Waals surface area contributed by atoms with Crippen LogP contribution in [-0.2, 0) is 0 Å². The molecule has 0 saturated carbocycles. The lowest BCUT2D eigenvalue weighted by Gasteiger charge is -2.29. The maximum atomic E-state index is 6.18. The number of para-hydroxylation sites is 1. The Bertz CT molecular complexity index is 521. The number of aliphatic imine (C=N–C) groups is 1. The van der Waals surface area contributed by atoms with Gasteiger partial charge in [-0.15, -0.1) is 11.3 Å². The Morgan fingerprint density at radius 2 is 2.19 bits per heavy atom. The molecule has 3 rings (SSSR count). The summed E-state index contributed by atoms with van der Waals surface area (Å²) in [6.07, 6.45) is 1.53. The van der Waals surface area contributed by atoms with E-state index >= 15 is 0 Å². The highest BCUT2D eigenvalue weighted by Gasteiger charge is 2.22. The number of aromatic nitrogens is 1. The van der Waals surface area contributed by atoms with Crippen molar-refractivity contribution in [2.45, 2.75) is 6.17 Å². The van der Waals surface area contributed by atoms with E-state index in [2.05, 4.69) is 9.98 Å². The van der Waals surface area contributed by atoms with Gasteiger partial charge in [-0.05, 0) is 6.07 Å². The van der Waals surface area contributed by atoms with E-state index in [0.29, 0.717) is 0 Å². The lowest BCUT2D eigenvalue weighted by atomic mass is 10.1. The van der Waals surface area contributed by atoms with Crippen LogP contribution in [0.1, 0.15) is 11.7 Å². The number of thiazole rings is 1. The molecule has 0 radical (unpaired) electrons. The molecule has 0 saturated heterocycles. The van der Waals surface area contributed by atoms with Crippen LogP contribution >= 0.6 is 11.3 Å². The molecule has 0 aliphatic carbocycles. The number of fused-ring (bicyclic) bond motifs is 1. The van der Waals surface area contributed by atoms with Crippen molar-refractivity contribution in [1.82, 2.24) is 4.98 Å². The molecule has 1 aliphatic heterocycles. The average Bonchev–Trinajstić information content (AvgIpc) is 2.83. The standard InChI is InChI=1S/C11H10N4S/c12-11-8-3-1-2-4-9(8)13-6-15(11)10-5-16-7-14-10/h1-7,11H,12H2. The molecule has 1 atom stereocenters. The van der Waals surface area contributed by atoms with Crippen molar-refractivity contribution in [2.24, 2.45) is 10.7 Å². The zero-order valence-electron chi connectivity index (χ0n) is 8.45. The van der Waals surface area contributed by atoms with Crippen molar-refractivity contribution < 1.29 is 0 Å². The van der Waals surface area contributed by atoms with E-state index in [0.717, 1.165) is 17.1 Å². The molecule has 4 nitrogen and oxygen atoms in total. The van der Waals surface area contributed by atoms with Gasteiger partial charge in [-0.2, -0.15) is 0 Å². The van der Waals surface area contributed by atoms with Gasteiger partial charge >= 0.3 is 0 Å². The number of anilines is 1. The molecular formula is C11H10N4S. The summed E-state index contributed by atoms with van der Waals surface area (Å²) in [6.45, 7) is 0. The number of nitrogens with zero attached hydrogens (tertiary/aromatic N) is 3. The van der Waals surface area contributed by atoms with E-state index in [1.54, 1.807) is 23.2 Å². The monoisotopic (exact) mass is 230 g/mol. The van der Waals surface area contributed by atoms with Crippen molar-refractivity contribution in [1.29, 1.82) is 0 Å². The van der Waals surface area contributed by atoms with Crippen molar-refractivity contribution >= 4 is 29.2 Å². The first kappa shape index (κ1) is 9.50. The predicted octanol–water partition coefficient (Wildman–Crippen LogP) is 2.28. The van der Waals surface area contributed by atoms with Gasteiger partial charge in [0.2, 0.25) is 0 Å². The molecular weight excluding hydrogens is 220 g/mol. The van der Waals surface area contributed by atoms with Crippen molar-refractivity contribution in [3.63, 3.8) is 0 Å². The fourth-order valence-electron chi connectivity index (χ4n) is 1.74. The summed E-state index contributed by atoms with van der Waals surface area (Å²) < 4.78 is 0. The summed E-state index contributed by atoms with van der Waals surface area (Å²) in [5, 5.41) is 1.96. The van der Waals surface area contributed by atoms with Crippen molar-refractivity contribution in [3.05, 3.63) is 40.7 Å². The van der Waals surface area contributed by atoms with Crippen LogP contribution in [0.4, 0.5) is 11.5 Å². The summed E-state index contributed by atoms with van der Waals surface area (Å²) in [5.41, 5.74) is 9.93. The normalized spacial score (nSPS) is 18.6. The summed E-state index contributed by atoms with van der Waals surface area (Å²) in [6, 6.07) is 7.89. The van der Waals surface area contributed by atoms with Crippen LogP contribution in [0.15, 0.2) is 40.1 Å². The zero-order valence-corrected chi connectivity index (χ0v) is 9.26. The van der Waals surface area contributed by atoms with Crippen LogP contribution in [0, 0.1) is 0 Å². The van der Waals surface area contributed by atoms with E-state index in [4.69, 9.17) is 5.73 Å². The maximum absolute atomic E-state index is 6.18. The lowest BCUT2D eigenvalue weighted by molar-refractivity contribution is 0.743. The number of hydrogen-bond donors (Lipinski definition) is 1. The topological polar surface area (TPSA) is 54.5 Å². The van der Waals surface area contributed by atoms with Gasteiger partial charge in [0, 0.05) is 10.9 Å². The van der Waals surface area contributed by atoms with E-state index in [9.17, 15) is 0 Å². The van der Waals surface area contributed by atoms with Gasteiger partial charge in [0.05, 0.1) is 17.5 Å². The van der Waals surface area contributed by atoms with Gasteiger partial charge < -0.3 is 5.73 Å². The fourth-order valence-corrected chi connectivity index (χ4v) is 2.27. The van der Waals surface area contributed by atoms with Crippen molar-refractivity contribution in [2.75, 3.05) is 4.90 Å². The first-order chi connectivity index (χ1) is 7.86. The molecule has 0 bridgehead atoms. The zero-order chi connectivity index (χ0) is 11.0. The second-order valence-corrected chi connectivity index (χ2v) is 4.22. The molecule has 0 amide bonds. The molecule has 2 aromatic rings. The summed E-state index contributed by atoms with van der Waals surface area (Å²) >= 11 is 1.55. The Morgan fingerprint density at radius 3 is 3.00 bits per heavy atom. The van der Waals surface area contributed by atoms with Crippen LogP contribution in [0.3, 0.4) is 0 Å². The van der Waals surface area contributed by atoms with E-state index in [-0.39, 0.29) is 6.17 Å². The summed E-state index contributed by atoms with van der Waals surface area (Å²) in [7, 11) is 0. The molecule has 0 fully saturated rings. The highest BCUT2D eigenvalue weighted by molar-refractivity contribution is 7.07. The third-order valence-corrected chi connectivity index (χ3v) is 3.13. The molecule has 2 heterocycles. The highest BCUT2D eigenvalue weighted by Crippen LogP contribution is 2.32. The van der Waals surface area contributed by atoms with Gasteiger partial charge in [0.1, 0.15) is 12.0 Å². The Balaban J connectivity index is 2.04. The lowest BCUT2D eigenvalue weighted by Crippen LogP contribution is -2.35. The molecule has 1 aromatic heterocycles. The average molecular weight is 230 g/mol. The highest BCUT2D eigenvalue weighted by atomic mass is 32.1. The first-order valence-corrected chi connectivity index (χ1v) is 5.86. The van der Waals surface area contributed by atoms with Gasteiger partial charge in [0.15, 0.2) is 0 Å². The molecule has 1 aromatic carbocycles. The third kappa shape index (κ3) is 1.41. The van der Waals surface area contributed by atoms with Crippen LogP contribution in [0.25, 0.3) is 0 Å². The number of nitrogens with two attached hydrogens (primary N) is 1. The molecule has 0 spiro atoms. The Labute approximate surface area is 97.1 Å². The minimum Gasteiger partial charge on any atom is -0.307 e. The van der Waals surface area contributed by atoms with Gasteiger partial charge in [-0.3, -0.25) is 4.90 Å². The van der Waals surface area contributed by atoms with Gasteiger partial charge in [-0.25, -0.2) is 9.98 Å². The molecule has 80 valence electrons. The fraction of sp³-hybridized carbons (Fsp3) is 0.0909. The second kappa shape index (κ2) is 3.70. The molecule has 2 N–H and O–H groups in total. The Morgan fingerprint density at radius 1 is 1.31 bits per heavy atom. The Kier molecular flexibility index (Phi) is 2.19. The quantitative estimate of drug-likeness (QED) is 0.817. The minimum atomic E-state index is -0.212. The van der Waals surface area contributed by atoms with E-state index < -0.39 is 0 Å². The molecule has 1 aliphatic rings. The van der Waals surface area contributed by atoms with Gasteiger partial charge in [-0.1, -0.05) is 18.2 Å². The van der Waals surface area contributed by atoms with Crippen LogP contribution in [0.5, 0.6) is 0 Å². The number of rotatable bonds is 1. The van der Waals surface area contributed by atoms with Crippen LogP contribution in [0.2, 0.25) is 0 Å². The van der Waals surface area contributed by atoms with Crippen molar-refractivity contribution in [3.8, 4) is 0 Å². The maximum Gasteiger partial charge on any atom is 0.146 e. The smallest absolute Gasteiger partial charge is 0.146 e. The first-order valence-electron chi connectivity index (χ1n) is 4.91. The van der Waals surface area contributed by atoms with E-state index in [1.165, 1.54) is 0 Å². The summed E-state index contributed by atoms with van der Waals surface area (Å²) in [4.78, 5) is 10.5. The van der Waals surface area contributed by atoms with Crippen LogP contribution < -0.4 is 10.6 Å². The van der Waals surface area contributed by atoms with Crippen LogP contribution in [-0.4, -0.2) is 11.3 Å². The largest absolute Gasteiger partial charge is 0.307 e.